The Balaban J connectivity index is 1.78. The number of likely N-dealkylation sites (N-methyl/N-ethyl adjacent to an activating group) is 1. The van der Waals surface area contributed by atoms with Gasteiger partial charge in [0, 0.05) is 25.3 Å². The molecule has 0 aromatic carbocycles. The Morgan fingerprint density at radius 2 is 2.37 bits per heavy atom. The Labute approximate surface area is 116 Å². The van der Waals surface area contributed by atoms with E-state index in [1.54, 1.807) is 6.26 Å². The summed E-state index contributed by atoms with van der Waals surface area (Å²) >= 11 is 0. The van der Waals surface area contributed by atoms with Gasteiger partial charge in [-0.15, -0.1) is 0 Å². The molecule has 1 aromatic heterocycles. The van der Waals surface area contributed by atoms with Crippen LogP contribution < -0.4 is 5.32 Å². The maximum Gasteiger partial charge on any atom is 0.122 e. The molecule has 1 atom stereocenters. The predicted molar refractivity (Wildman–Crippen MR) is 76.0 cm³/mol. The first kappa shape index (κ1) is 14.6. The van der Waals surface area contributed by atoms with E-state index in [0.717, 1.165) is 45.0 Å². The lowest BCUT2D eigenvalue weighted by Crippen LogP contribution is -2.28. The fraction of sp³-hybridized carbons (Fsp3) is 0.733. The van der Waals surface area contributed by atoms with E-state index < -0.39 is 0 Å². The maximum atomic E-state index is 5.67. The molecular formula is C15H26N2O2. The molecule has 0 saturated carbocycles. The normalized spacial score (nSPS) is 19.4. The van der Waals surface area contributed by atoms with Crippen molar-refractivity contribution in [2.75, 3.05) is 26.7 Å². The summed E-state index contributed by atoms with van der Waals surface area (Å²) in [5.41, 5.74) is 1.27. The number of hydrogen-bond acceptors (Lipinski definition) is 4. The zero-order valence-electron chi connectivity index (χ0n) is 12.2. The van der Waals surface area contributed by atoms with Gasteiger partial charge >= 0.3 is 0 Å². The first-order chi connectivity index (χ1) is 9.29. The molecule has 2 rings (SSSR count). The Morgan fingerprint density at radius 3 is 3.11 bits per heavy atom. The molecule has 1 fully saturated rings. The van der Waals surface area contributed by atoms with Gasteiger partial charge in [-0.25, -0.2) is 0 Å². The maximum absolute atomic E-state index is 5.67. The highest BCUT2D eigenvalue weighted by Crippen LogP contribution is 2.16. The van der Waals surface area contributed by atoms with Crippen molar-refractivity contribution >= 4 is 0 Å². The Kier molecular flexibility index (Phi) is 5.89. The molecule has 0 spiro atoms. The molecule has 4 nitrogen and oxygen atoms in total. The third-order valence-corrected chi connectivity index (χ3v) is 3.53. The van der Waals surface area contributed by atoms with Crippen molar-refractivity contribution in [1.29, 1.82) is 0 Å². The molecule has 1 aliphatic heterocycles. The fourth-order valence-corrected chi connectivity index (χ4v) is 2.51. The van der Waals surface area contributed by atoms with Gasteiger partial charge in [0.25, 0.3) is 0 Å². The van der Waals surface area contributed by atoms with E-state index in [0.29, 0.717) is 6.10 Å². The molecular weight excluding hydrogens is 240 g/mol. The first-order valence-electron chi connectivity index (χ1n) is 7.35. The van der Waals surface area contributed by atoms with Crippen LogP contribution in [-0.2, 0) is 17.8 Å². The summed E-state index contributed by atoms with van der Waals surface area (Å²) in [4.78, 5) is 2.29. The van der Waals surface area contributed by atoms with Gasteiger partial charge in [-0.05, 0) is 38.9 Å². The minimum absolute atomic E-state index is 0.404. The summed E-state index contributed by atoms with van der Waals surface area (Å²) in [5.74, 6) is 1.07. The molecule has 0 amide bonds. The molecule has 4 heteroatoms. The van der Waals surface area contributed by atoms with Crippen LogP contribution in [0.2, 0.25) is 0 Å². The van der Waals surface area contributed by atoms with E-state index in [-0.39, 0.29) is 0 Å². The van der Waals surface area contributed by atoms with Gasteiger partial charge in [0.15, 0.2) is 0 Å². The lowest BCUT2D eigenvalue weighted by Gasteiger charge is -2.20. The van der Waals surface area contributed by atoms with E-state index in [1.165, 1.54) is 18.4 Å². The summed E-state index contributed by atoms with van der Waals surface area (Å²) in [7, 11) is 2.13. The molecule has 0 bridgehead atoms. The topological polar surface area (TPSA) is 37.6 Å². The summed E-state index contributed by atoms with van der Waals surface area (Å²) in [6, 6.07) is 2.07. The smallest absolute Gasteiger partial charge is 0.122 e. The monoisotopic (exact) mass is 266 g/mol. The second kappa shape index (κ2) is 7.68. The molecule has 108 valence electrons. The van der Waals surface area contributed by atoms with Crippen LogP contribution in [0.15, 0.2) is 16.7 Å². The summed E-state index contributed by atoms with van der Waals surface area (Å²) in [6.07, 6.45) is 5.74. The summed E-state index contributed by atoms with van der Waals surface area (Å²) in [6.45, 7) is 6.90. The molecule has 1 unspecified atom stereocenters. The van der Waals surface area contributed by atoms with Crippen molar-refractivity contribution in [3.8, 4) is 0 Å². The molecule has 0 aliphatic carbocycles. The van der Waals surface area contributed by atoms with Crippen LogP contribution in [0.25, 0.3) is 0 Å². The van der Waals surface area contributed by atoms with Gasteiger partial charge < -0.3 is 14.5 Å². The highest BCUT2D eigenvalue weighted by Gasteiger charge is 2.18. The fourth-order valence-electron chi connectivity index (χ4n) is 2.51. The molecule has 1 N–H and O–H groups in total. The van der Waals surface area contributed by atoms with Crippen molar-refractivity contribution in [3.63, 3.8) is 0 Å². The number of hydrogen-bond donors (Lipinski definition) is 1. The van der Waals surface area contributed by atoms with Crippen molar-refractivity contribution in [3.05, 3.63) is 23.7 Å². The number of ether oxygens (including phenoxy) is 1. The Hall–Kier alpha value is -0.840. The van der Waals surface area contributed by atoms with Crippen LogP contribution in [-0.4, -0.2) is 37.7 Å². The molecule has 1 aliphatic rings. The quantitative estimate of drug-likeness (QED) is 0.733. The van der Waals surface area contributed by atoms with Gasteiger partial charge in [0.1, 0.15) is 5.76 Å². The average molecular weight is 266 g/mol. The van der Waals surface area contributed by atoms with Gasteiger partial charge in [-0.1, -0.05) is 6.92 Å². The SMILES string of the molecule is CCCNCc1ccoc1CN(C)CC1CCCO1. The van der Waals surface area contributed by atoms with Crippen LogP contribution in [0.5, 0.6) is 0 Å². The van der Waals surface area contributed by atoms with E-state index >= 15 is 0 Å². The largest absolute Gasteiger partial charge is 0.468 e. The summed E-state index contributed by atoms with van der Waals surface area (Å²) in [5, 5.41) is 3.42. The molecule has 2 heterocycles. The van der Waals surface area contributed by atoms with E-state index in [2.05, 4.69) is 30.3 Å². The second-order valence-electron chi connectivity index (χ2n) is 5.38. The van der Waals surface area contributed by atoms with E-state index in [9.17, 15) is 0 Å². The average Bonchev–Trinajstić information content (AvgIpc) is 3.02. The minimum atomic E-state index is 0.404. The highest BCUT2D eigenvalue weighted by atomic mass is 16.5. The molecule has 0 radical (unpaired) electrons. The zero-order valence-corrected chi connectivity index (χ0v) is 12.2. The molecule has 19 heavy (non-hydrogen) atoms. The Morgan fingerprint density at radius 1 is 1.47 bits per heavy atom. The summed E-state index contributed by atoms with van der Waals surface area (Å²) < 4.78 is 11.3. The van der Waals surface area contributed by atoms with Gasteiger partial charge in [0.05, 0.1) is 18.9 Å². The lowest BCUT2D eigenvalue weighted by molar-refractivity contribution is 0.0773. The third-order valence-electron chi connectivity index (χ3n) is 3.53. The number of furan rings is 1. The van der Waals surface area contributed by atoms with Gasteiger partial charge in [0.2, 0.25) is 0 Å². The number of nitrogens with one attached hydrogen (secondary N) is 1. The van der Waals surface area contributed by atoms with Crippen LogP contribution in [0.4, 0.5) is 0 Å². The van der Waals surface area contributed by atoms with Crippen molar-refractivity contribution < 1.29 is 9.15 Å². The zero-order chi connectivity index (χ0) is 13.5. The van der Waals surface area contributed by atoms with Gasteiger partial charge in [-0.2, -0.15) is 0 Å². The van der Waals surface area contributed by atoms with Crippen molar-refractivity contribution in [2.45, 2.75) is 45.4 Å². The van der Waals surface area contributed by atoms with Gasteiger partial charge in [-0.3, -0.25) is 4.90 Å². The number of nitrogens with zero attached hydrogens (tertiary/aromatic N) is 1. The van der Waals surface area contributed by atoms with Crippen LogP contribution in [0.1, 0.15) is 37.5 Å². The van der Waals surface area contributed by atoms with Crippen LogP contribution in [0.3, 0.4) is 0 Å². The second-order valence-corrected chi connectivity index (χ2v) is 5.38. The third kappa shape index (κ3) is 4.64. The van der Waals surface area contributed by atoms with Crippen molar-refractivity contribution in [1.82, 2.24) is 10.2 Å². The lowest BCUT2D eigenvalue weighted by atomic mass is 10.2. The van der Waals surface area contributed by atoms with E-state index in [1.807, 2.05) is 0 Å². The van der Waals surface area contributed by atoms with E-state index in [4.69, 9.17) is 9.15 Å². The number of rotatable bonds is 8. The molecule has 1 saturated heterocycles. The predicted octanol–water partition coefficient (Wildman–Crippen LogP) is 2.39. The van der Waals surface area contributed by atoms with Crippen LogP contribution >= 0.6 is 0 Å². The minimum Gasteiger partial charge on any atom is -0.468 e. The van der Waals surface area contributed by atoms with Crippen molar-refractivity contribution in [2.24, 2.45) is 0 Å². The highest BCUT2D eigenvalue weighted by molar-refractivity contribution is 5.16. The Bertz CT molecular complexity index is 359. The first-order valence-corrected chi connectivity index (χ1v) is 7.35. The standard InChI is InChI=1S/C15H26N2O2/c1-3-7-16-10-13-6-9-19-15(13)12-17(2)11-14-5-4-8-18-14/h6,9,14,16H,3-5,7-8,10-12H2,1-2H3. The van der Waals surface area contributed by atoms with Crippen LogP contribution in [0, 0.1) is 0 Å². The molecule has 1 aromatic rings.